The number of nitrogens with zero attached hydrogens (tertiary/aromatic N) is 5. The van der Waals surface area contributed by atoms with Gasteiger partial charge in [-0.1, -0.05) is 37.3 Å². The zero-order valence-electron chi connectivity index (χ0n) is 56.1. The molecule has 1 unspecified atom stereocenters. The average molecular weight is 1480 g/mol. The Morgan fingerprint density at radius 3 is 2.12 bits per heavy atom. The van der Waals surface area contributed by atoms with E-state index in [0.717, 1.165) is 18.1 Å². The topological polar surface area (TPSA) is 639 Å². The Balaban J connectivity index is 1.07. The van der Waals surface area contributed by atoms with E-state index < -0.39 is 183 Å². The molecule has 41 heteroatoms. The van der Waals surface area contributed by atoms with Gasteiger partial charge in [-0.2, -0.15) is 0 Å². The number of thioether (sulfide) groups is 1. The maximum atomic E-state index is 15.2. The van der Waals surface area contributed by atoms with Crippen LogP contribution in [0.25, 0.3) is 0 Å². The maximum absolute atomic E-state index is 15.2. The van der Waals surface area contributed by atoms with Gasteiger partial charge in [0.2, 0.25) is 29.5 Å². The van der Waals surface area contributed by atoms with Crippen molar-refractivity contribution in [2.75, 3.05) is 50.9 Å². The molecular formula is C61H90N18O21S2. The van der Waals surface area contributed by atoms with Gasteiger partial charge in [0.15, 0.2) is 18.7 Å². The minimum Gasteiger partial charge on any atom is -0.441 e. The second-order valence-corrected chi connectivity index (χ2v) is 26.5. The van der Waals surface area contributed by atoms with Crippen molar-refractivity contribution >= 4 is 81.4 Å². The van der Waals surface area contributed by atoms with Gasteiger partial charge in [0.25, 0.3) is 11.8 Å². The molecule has 26 N–H and O–H groups in total. The minimum atomic E-state index is -2.20. The summed E-state index contributed by atoms with van der Waals surface area (Å²) in [6.07, 6.45) is -24.4. The van der Waals surface area contributed by atoms with E-state index in [1.54, 1.807) is 5.38 Å². The van der Waals surface area contributed by atoms with E-state index in [2.05, 4.69) is 69.1 Å². The predicted octanol–water partition coefficient (Wildman–Crippen LogP) is -6.32. The van der Waals surface area contributed by atoms with E-state index in [1.807, 2.05) is 30.3 Å². The highest BCUT2D eigenvalue weighted by molar-refractivity contribution is 8.14. The normalized spacial score (nSPS) is 25.0. The second-order valence-electron chi connectivity index (χ2n) is 24.5. The number of nitrogen functional groups attached to an aromatic ring is 1. The number of H-pyrrole nitrogens is 1. The fourth-order valence-electron chi connectivity index (χ4n) is 10.9. The van der Waals surface area contributed by atoms with Crippen molar-refractivity contribution in [1.82, 2.24) is 62.1 Å². The third kappa shape index (κ3) is 21.5. The van der Waals surface area contributed by atoms with Crippen molar-refractivity contribution in [2.45, 2.75) is 176 Å². The molecule has 4 aromatic rings. The highest BCUT2D eigenvalue weighted by atomic mass is 32.2. The van der Waals surface area contributed by atoms with Gasteiger partial charge in [-0.15, -0.1) is 23.1 Å². The number of hydrogen-bond donors (Lipinski definition) is 21. The Morgan fingerprint density at radius 2 is 1.47 bits per heavy atom. The summed E-state index contributed by atoms with van der Waals surface area (Å²) in [5, 5.41) is 110. The molecule has 7 rings (SSSR count). The van der Waals surface area contributed by atoms with Crippen molar-refractivity contribution in [1.29, 1.82) is 0 Å². The number of aliphatic hydroxyl groups is 8. The number of aliphatic hydroxyl groups excluding tert-OH is 8. The number of carbonyl (C=O) groups excluding carboxylic acids is 8. The summed E-state index contributed by atoms with van der Waals surface area (Å²) < 4.78 is 28.8. The largest absolute Gasteiger partial charge is 0.441 e. The molecule has 21 atom stereocenters. The van der Waals surface area contributed by atoms with Crippen molar-refractivity contribution in [3.05, 3.63) is 87.3 Å². The number of thiazole rings is 1. The van der Waals surface area contributed by atoms with Crippen LogP contribution in [0.3, 0.4) is 0 Å². The number of aliphatic imine (C=N–C) groups is 1. The number of hydrogen-bond acceptors (Lipinski definition) is 32. The molecule has 0 radical (unpaired) electrons. The Bertz CT molecular complexity index is 3510. The van der Waals surface area contributed by atoms with Crippen LogP contribution in [0.5, 0.6) is 0 Å². The first-order valence-electron chi connectivity index (χ1n) is 32.4. The molecule has 6 heterocycles. The molecule has 3 aliphatic heterocycles. The zero-order chi connectivity index (χ0) is 74.8. The average Bonchev–Trinajstić information content (AvgIpc) is 1.13. The SMILES string of the molecule is Cc1c(N)nc([C@H](CC(N)=O)NC[C@H](N)C(N)=O)nc1C(=O)N[C@H](C(=O)N[C@H](C)[C@@H](O)[C@H](C)C(=O)N[C@H](C(=O)NCCC1=NC(c2nc(C(=O)NCCCN[C@@H](C)c3ccccc3)cs2)CS1)[C@@H](C)O)[C@@H](O[C@@H]1O[C@@H](CO)[C@@H](O)[C@H](O)[C@@H]1O[C@H]1O[C@H](CO)[C@@H](O)[C@H](OC(N)=O)[C@@H]1O)c1cnc[nH]1. The number of carbonyl (C=O) groups is 8. The summed E-state index contributed by atoms with van der Waals surface area (Å²) >= 11 is 2.73. The monoisotopic (exact) mass is 1470 g/mol. The third-order valence-electron chi connectivity index (χ3n) is 16.9. The lowest BCUT2D eigenvalue weighted by Gasteiger charge is -2.47. The van der Waals surface area contributed by atoms with Crippen LogP contribution in [-0.2, 0) is 47.7 Å². The smallest absolute Gasteiger partial charge is 0.404 e. The molecule has 3 aromatic heterocycles. The van der Waals surface area contributed by atoms with Crippen molar-refractivity contribution < 1.29 is 103 Å². The lowest BCUT2D eigenvalue weighted by Crippen LogP contribution is -2.65. The molecule has 0 bridgehead atoms. The van der Waals surface area contributed by atoms with Crippen LogP contribution in [0.2, 0.25) is 0 Å². The highest BCUT2D eigenvalue weighted by Gasteiger charge is 2.54. The quantitative estimate of drug-likeness (QED) is 0.0187. The Hall–Kier alpha value is -8.08. The molecule has 0 saturated carbocycles. The molecular weight excluding hydrogens is 1380 g/mol. The van der Waals surface area contributed by atoms with Crippen LogP contribution in [0.15, 0.2) is 53.2 Å². The molecule has 562 valence electrons. The molecule has 102 heavy (non-hydrogen) atoms. The number of aromatic nitrogens is 5. The predicted molar refractivity (Wildman–Crippen MR) is 360 cm³/mol. The summed E-state index contributed by atoms with van der Waals surface area (Å²) in [5.41, 5.74) is 28.8. The van der Waals surface area contributed by atoms with Gasteiger partial charge in [0.1, 0.15) is 95.0 Å². The Labute approximate surface area is 592 Å². The van der Waals surface area contributed by atoms with Crippen LogP contribution >= 0.6 is 23.1 Å². The first kappa shape index (κ1) is 81.2. The molecule has 3 aliphatic rings. The summed E-state index contributed by atoms with van der Waals surface area (Å²) in [5.74, 6) is -8.15. The summed E-state index contributed by atoms with van der Waals surface area (Å²) in [7, 11) is 0. The van der Waals surface area contributed by atoms with Gasteiger partial charge in [0.05, 0.1) is 72.7 Å². The third-order valence-corrected chi connectivity index (χ3v) is 19.0. The van der Waals surface area contributed by atoms with Crippen molar-refractivity contribution in [2.24, 2.45) is 33.8 Å². The Morgan fingerprint density at radius 1 is 0.775 bits per heavy atom. The van der Waals surface area contributed by atoms with Crippen LogP contribution in [0.4, 0.5) is 10.6 Å². The number of aromatic amines is 1. The highest BCUT2D eigenvalue weighted by Crippen LogP contribution is 2.36. The number of amides is 8. The second kappa shape index (κ2) is 37.9. The number of anilines is 1. The lowest BCUT2D eigenvalue weighted by atomic mass is 9.96. The molecule has 0 spiro atoms. The van der Waals surface area contributed by atoms with Gasteiger partial charge in [0, 0.05) is 55.2 Å². The molecule has 2 saturated heterocycles. The van der Waals surface area contributed by atoms with Crippen molar-refractivity contribution in [3.63, 3.8) is 0 Å². The minimum absolute atomic E-state index is 0.0165. The molecule has 0 aliphatic carbocycles. The number of nitrogens with one attached hydrogen (secondary N) is 8. The van der Waals surface area contributed by atoms with Gasteiger partial charge in [-0.3, -0.25) is 38.6 Å². The van der Waals surface area contributed by atoms with E-state index in [9.17, 15) is 74.4 Å². The fourth-order valence-corrected chi connectivity index (χ4v) is 12.9. The van der Waals surface area contributed by atoms with Gasteiger partial charge in [-0.25, -0.2) is 24.7 Å². The van der Waals surface area contributed by atoms with E-state index in [0.29, 0.717) is 35.3 Å². The summed E-state index contributed by atoms with van der Waals surface area (Å²) in [6, 6.07) is 1.96. The van der Waals surface area contributed by atoms with Gasteiger partial charge < -0.3 is 135 Å². The van der Waals surface area contributed by atoms with Crippen molar-refractivity contribution in [3.8, 4) is 0 Å². The number of rotatable bonds is 37. The molecule has 39 nitrogen and oxygen atoms in total. The van der Waals surface area contributed by atoms with E-state index in [1.165, 1.54) is 50.8 Å². The van der Waals surface area contributed by atoms with Crippen LogP contribution in [0, 0.1) is 12.8 Å². The first-order chi connectivity index (χ1) is 48.4. The van der Waals surface area contributed by atoms with Crippen LogP contribution in [0.1, 0.15) is 120 Å². The standard InChI is InChI=1S/C61H90N18O21S2/c1-24-39(76-52(79-50(24)64)31(16-37(63)83)71-17-30(62)51(65)89)56(93)78-41(47(32-18-67-23-72-32)98-60-49(45(87)43(85)35(19-80)97-60)99-59-46(88)48(100-61(66)95)44(86)36(20-81)96-59)57(94)73-27(4)42(84)25(2)53(90)77-40(28(5)82)55(92)70-15-12-38-74-34(22-101-38)58-75-33(21-102-58)54(91)69-14-9-13-68-26(3)29-10-7-6-8-11-29/h6-8,10-11,18,21,23,25-28,30-31,34-36,40-49,59-60,68,71,80-82,84-88H,9,12-17,19-20,22,62H2,1-5H3,(H2,63,83)(H2,65,89)(H2,66,95)(H,67,72)(H,69,91)(H,70,92)(H,73,94)(H,77,90)(H,78,93)(H2,64,76,79)/t25-,26-,27+,28+,30-,31-,34?,35-,36+,40-,41-,42-,43+,44+,45-,46-,47-,48-,49-,59+,60-/m0/s1. The summed E-state index contributed by atoms with van der Waals surface area (Å²) in [6.45, 7) is 5.89. The van der Waals surface area contributed by atoms with Gasteiger partial charge in [-0.05, 0) is 46.2 Å². The number of ether oxygens (including phenoxy) is 5. The molecule has 1 aromatic carbocycles. The molecule has 8 amide bonds. The van der Waals surface area contributed by atoms with Crippen LogP contribution < -0.4 is 65.9 Å². The summed E-state index contributed by atoms with van der Waals surface area (Å²) in [4.78, 5) is 131. The lowest BCUT2D eigenvalue weighted by molar-refractivity contribution is -0.372. The first-order valence-corrected chi connectivity index (χ1v) is 34.3. The van der Waals surface area contributed by atoms with E-state index >= 15 is 4.79 Å². The van der Waals surface area contributed by atoms with Crippen LogP contribution in [-0.4, -0.2) is 261 Å². The zero-order valence-corrected chi connectivity index (χ0v) is 57.8. The fraction of sp³-hybridized carbons (Fsp3) is 0.590. The Kier molecular flexibility index (Phi) is 30.2. The van der Waals surface area contributed by atoms with E-state index in [4.69, 9.17) is 57.3 Å². The number of imidazole rings is 1. The number of nitrogens with two attached hydrogens (primary N) is 5. The number of benzene rings is 1. The van der Waals surface area contributed by atoms with E-state index in [-0.39, 0.29) is 66.1 Å². The maximum Gasteiger partial charge on any atom is 0.404 e. The van der Waals surface area contributed by atoms with Gasteiger partial charge >= 0.3 is 6.09 Å². The number of primary amides is 3. The molecule has 2 fully saturated rings.